The molecule has 1 atom stereocenters. The van der Waals surface area contributed by atoms with Gasteiger partial charge in [0, 0.05) is 45.8 Å². The van der Waals surface area contributed by atoms with Gasteiger partial charge in [-0.2, -0.15) is 0 Å². The third-order valence-electron chi connectivity index (χ3n) is 5.20. The number of morpholine rings is 1. The number of hydrogen-bond acceptors (Lipinski definition) is 5. The SMILES string of the molecule is CN=C(NCc1cccc(OCCN(C)C)c1)NCC(CC(C)C)N1CCOCC1.I. The number of guanidine groups is 1. The van der Waals surface area contributed by atoms with E-state index in [-0.39, 0.29) is 24.0 Å². The van der Waals surface area contributed by atoms with Crippen molar-refractivity contribution in [2.75, 3.05) is 67.1 Å². The fourth-order valence-electron chi connectivity index (χ4n) is 3.56. The third kappa shape index (κ3) is 11.4. The summed E-state index contributed by atoms with van der Waals surface area (Å²) in [6.07, 6.45) is 1.16. The molecule has 1 unspecified atom stereocenters. The smallest absolute Gasteiger partial charge is 0.191 e. The first-order valence-electron chi connectivity index (χ1n) is 11.1. The second-order valence-electron chi connectivity index (χ2n) is 8.54. The minimum Gasteiger partial charge on any atom is -0.492 e. The number of nitrogens with zero attached hydrogens (tertiary/aromatic N) is 3. The summed E-state index contributed by atoms with van der Waals surface area (Å²) in [5, 5.41) is 6.95. The molecule has 2 rings (SSSR count). The molecule has 0 amide bonds. The zero-order valence-corrected chi connectivity index (χ0v) is 22.2. The molecule has 1 aliphatic rings. The van der Waals surface area contributed by atoms with E-state index in [1.165, 1.54) is 5.56 Å². The van der Waals surface area contributed by atoms with Gasteiger partial charge in [-0.15, -0.1) is 24.0 Å². The fourth-order valence-corrected chi connectivity index (χ4v) is 3.56. The number of aliphatic imine (C=N–C) groups is 1. The lowest BCUT2D eigenvalue weighted by molar-refractivity contribution is 0.0132. The van der Waals surface area contributed by atoms with E-state index >= 15 is 0 Å². The maximum absolute atomic E-state index is 5.84. The molecule has 0 aromatic heterocycles. The Balaban J connectivity index is 0.00000480. The number of ether oxygens (including phenoxy) is 2. The number of halogens is 1. The average molecular weight is 548 g/mol. The van der Waals surface area contributed by atoms with E-state index in [1.807, 2.05) is 33.3 Å². The molecule has 2 N–H and O–H groups in total. The van der Waals surface area contributed by atoms with Gasteiger partial charge >= 0.3 is 0 Å². The molecule has 1 fully saturated rings. The predicted octanol–water partition coefficient (Wildman–Crippen LogP) is 2.66. The number of benzene rings is 1. The van der Waals surface area contributed by atoms with Crippen molar-refractivity contribution < 1.29 is 9.47 Å². The van der Waals surface area contributed by atoms with Crippen molar-refractivity contribution in [1.29, 1.82) is 0 Å². The van der Waals surface area contributed by atoms with Crippen LogP contribution in [-0.4, -0.2) is 88.9 Å². The Labute approximate surface area is 206 Å². The first kappa shape index (κ1) is 27.9. The van der Waals surface area contributed by atoms with Gasteiger partial charge in [-0.1, -0.05) is 26.0 Å². The summed E-state index contributed by atoms with van der Waals surface area (Å²) in [6.45, 7) is 11.4. The Bertz CT molecular complexity index is 636. The Morgan fingerprint density at radius 3 is 2.61 bits per heavy atom. The quantitative estimate of drug-likeness (QED) is 0.253. The molecule has 7 nitrogen and oxygen atoms in total. The zero-order valence-electron chi connectivity index (χ0n) is 19.9. The second-order valence-corrected chi connectivity index (χ2v) is 8.54. The molecule has 0 saturated carbocycles. The van der Waals surface area contributed by atoms with Crippen LogP contribution in [0.3, 0.4) is 0 Å². The number of nitrogens with one attached hydrogen (secondary N) is 2. The molecule has 0 bridgehead atoms. The number of likely N-dealkylation sites (N-methyl/N-ethyl adjacent to an activating group) is 1. The van der Waals surface area contributed by atoms with Crippen LogP contribution in [0.2, 0.25) is 0 Å². The third-order valence-corrected chi connectivity index (χ3v) is 5.20. The molecular weight excluding hydrogens is 505 g/mol. The van der Waals surface area contributed by atoms with Crippen LogP contribution in [0.25, 0.3) is 0 Å². The topological polar surface area (TPSA) is 61.4 Å². The van der Waals surface area contributed by atoms with Gasteiger partial charge in [-0.05, 0) is 44.1 Å². The largest absolute Gasteiger partial charge is 0.492 e. The van der Waals surface area contributed by atoms with Crippen molar-refractivity contribution in [1.82, 2.24) is 20.4 Å². The van der Waals surface area contributed by atoms with Gasteiger partial charge in [0.1, 0.15) is 12.4 Å². The lowest BCUT2D eigenvalue weighted by atomic mass is 10.0. The van der Waals surface area contributed by atoms with Crippen molar-refractivity contribution >= 4 is 29.9 Å². The predicted molar refractivity (Wildman–Crippen MR) is 140 cm³/mol. The highest BCUT2D eigenvalue weighted by atomic mass is 127. The Hall–Kier alpha value is -1.10. The summed E-state index contributed by atoms with van der Waals surface area (Å²) in [7, 11) is 5.92. The monoisotopic (exact) mass is 547 g/mol. The first-order valence-corrected chi connectivity index (χ1v) is 11.1. The van der Waals surface area contributed by atoms with Crippen molar-refractivity contribution in [2.24, 2.45) is 10.9 Å². The van der Waals surface area contributed by atoms with Crippen molar-refractivity contribution in [3.63, 3.8) is 0 Å². The molecule has 31 heavy (non-hydrogen) atoms. The molecule has 1 aromatic rings. The fraction of sp³-hybridized carbons (Fsp3) is 0.696. The van der Waals surface area contributed by atoms with E-state index in [0.717, 1.165) is 57.5 Å². The van der Waals surface area contributed by atoms with Crippen LogP contribution < -0.4 is 15.4 Å². The molecule has 0 spiro atoms. The molecule has 1 heterocycles. The van der Waals surface area contributed by atoms with Gasteiger partial charge in [-0.25, -0.2) is 0 Å². The van der Waals surface area contributed by atoms with Gasteiger partial charge in [0.05, 0.1) is 13.2 Å². The Kier molecular flexibility index (Phi) is 14.1. The Morgan fingerprint density at radius 2 is 1.97 bits per heavy atom. The van der Waals surface area contributed by atoms with E-state index in [9.17, 15) is 0 Å². The normalized spacial score (nSPS) is 16.2. The summed E-state index contributed by atoms with van der Waals surface area (Å²) in [4.78, 5) is 9.06. The molecule has 1 aliphatic heterocycles. The molecule has 0 radical (unpaired) electrons. The van der Waals surface area contributed by atoms with Gasteiger partial charge < -0.3 is 25.0 Å². The van der Waals surface area contributed by atoms with E-state index in [4.69, 9.17) is 9.47 Å². The van der Waals surface area contributed by atoms with Crippen molar-refractivity contribution in [2.45, 2.75) is 32.9 Å². The molecule has 8 heteroatoms. The number of hydrogen-bond donors (Lipinski definition) is 2. The van der Waals surface area contributed by atoms with Crippen molar-refractivity contribution in [3.8, 4) is 5.75 Å². The summed E-state index contributed by atoms with van der Waals surface area (Å²) in [5.74, 6) is 2.39. The van der Waals surface area contributed by atoms with Crippen LogP contribution in [0, 0.1) is 5.92 Å². The van der Waals surface area contributed by atoms with Crippen LogP contribution in [0.15, 0.2) is 29.3 Å². The highest BCUT2D eigenvalue weighted by Gasteiger charge is 2.22. The lowest BCUT2D eigenvalue weighted by Gasteiger charge is -2.35. The van der Waals surface area contributed by atoms with Gasteiger partial charge in [0.2, 0.25) is 0 Å². The van der Waals surface area contributed by atoms with Gasteiger partial charge in [0.15, 0.2) is 5.96 Å². The first-order chi connectivity index (χ1) is 14.5. The minimum absolute atomic E-state index is 0. The van der Waals surface area contributed by atoms with Crippen molar-refractivity contribution in [3.05, 3.63) is 29.8 Å². The van der Waals surface area contributed by atoms with Crippen LogP contribution >= 0.6 is 24.0 Å². The maximum atomic E-state index is 5.84. The average Bonchev–Trinajstić information content (AvgIpc) is 2.73. The van der Waals surface area contributed by atoms with Crippen LogP contribution in [0.5, 0.6) is 5.75 Å². The standard InChI is InChI=1S/C23H41N5O2.HI/c1-19(2)15-21(28-10-12-29-13-11-28)18-26-23(24-3)25-17-20-7-6-8-22(16-20)30-14-9-27(4)5;/h6-8,16,19,21H,9-15,17-18H2,1-5H3,(H2,24,25,26);1H. The minimum atomic E-state index is 0. The van der Waals surface area contributed by atoms with E-state index in [0.29, 0.717) is 25.1 Å². The van der Waals surface area contributed by atoms with E-state index in [1.54, 1.807) is 0 Å². The zero-order chi connectivity index (χ0) is 21.8. The van der Waals surface area contributed by atoms with Gasteiger partial charge in [0.25, 0.3) is 0 Å². The molecule has 1 saturated heterocycles. The summed E-state index contributed by atoms with van der Waals surface area (Å²) >= 11 is 0. The van der Waals surface area contributed by atoms with E-state index < -0.39 is 0 Å². The molecule has 178 valence electrons. The van der Waals surface area contributed by atoms with Crippen LogP contribution in [0.1, 0.15) is 25.8 Å². The highest BCUT2D eigenvalue weighted by Crippen LogP contribution is 2.14. The molecule has 0 aliphatic carbocycles. The lowest BCUT2D eigenvalue weighted by Crippen LogP contribution is -2.50. The number of rotatable bonds is 11. The van der Waals surface area contributed by atoms with Crippen LogP contribution in [0.4, 0.5) is 0 Å². The summed E-state index contributed by atoms with van der Waals surface area (Å²) < 4.78 is 11.4. The summed E-state index contributed by atoms with van der Waals surface area (Å²) in [6, 6.07) is 8.72. The van der Waals surface area contributed by atoms with Crippen LogP contribution in [-0.2, 0) is 11.3 Å². The van der Waals surface area contributed by atoms with E-state index in [2.05, 4.69) is 51.4 Å². The van der Waals surface area contributed by atoms with Gasteiger partial charge in [-0.3, -0.25) is 9.89 Å². The second kappa shape index (κ2) is 15.7. The maximum Gasteiger partial charge on any atom is 0.191 e. The molecule has 1 aromatic carbocycles. The highest BCUT2D eigenvalue weighted by molar-refractivity contribution is 14.0. The Morgan fingerprint density at radius 1 is 1.23 bits per heavy atom. The molecular formula is C23H42IN5O2. The summed E-state index contributed by atoms with van der Waals surface area (Å²) in [5.41, 5.74) is 1.17.